The summed E-state index contributed by atoms with van der Waals surface area (Å²) in [7, 11) is 0. The monoisotopic (exact) mass is 261 g/mol. The standard InChI is InChI=1S/C14H19N3O2/c1-10-5-7-11(8-6-10)9-15-17-13(19)12(18)16-14(2,3)4/h5-9H,1-4H3,(H,16,18)(H,17,19)/b15-9-. The predicted molar refractivity (Wildman–Crippen MR) is 74.8 cm³/mol. The molecule has 102 valence electrons. The first kappa shape index (κ1) is 14.9. The summed E-state index contributed by atoms with van der Waals surface area (Å²) in [6, 6.07) is 7.63. The Morgan fingerprint density at radius 3 is 2.21 bits per heavy atom. The lowest BCUT2D eigenvalue weighted by Gasteiger charge is -2.19. The Hall–Kier alpha value is -2.17. The van der Waals surface area contributed by atoms with Gasteiger partial charge in [-0.25, -0.2) is 5.43 Å². The lowest BCUT2D eigenvalue weighted by molar-refractivity contribution is -0.140. The first-order valence-electron chi connectivity index (χ1n) is 6.00. The molecule has 19 heavy (non-hydrogen) atoms. The number of hydrazone groups is 1. The molecule has 0 fully saturated rings. The third-order valence-electron chi connectivity index (χ3n) is 2.15. The van der Waals surface area contributed by atoms with E-state index >= 15 is 0 Å². The van der Waals surface area contributed by atoms with Gasteiger partial charge in [-0.2, -0.15) is 5.10 Å². The highest BCUT2D eigenvalue weighted by atomic mass is 16.2. The molecule has 0 unspecified atom stereocenters. The molecule has 0 aliphatic heterocycles. The summed E-state index contributed by atoms with van der Waals surface area (Å²) < 4.78 is 0. The Bertz CT molecular complexity index is 484. The Labute approximate surface area is 113 Å². The molecule has 0 atom stereocenters. The molecule has 0 aliphatic carbocycles. The molecule has 0 saturated carbocycles. The van der Waals surface area contributed by atoms with Crippen LogP contribution in [-0.4, -0.2) is 23.6 Å². The average Bonchev–Trinajstić information content (AvgIpc) is 2.29. The second-order valence-electron chi connectivity index (χ2n) is 5.31. The maximum atomic E-state index is 11.4. The van der Waals surface area contributed by atoms with E-state index in [9.17, 15) is 9.59 Å². The highest BCUT2D eigenvalue weighted by Crippen LogP contribution is 2.00. The first-order valence-corrected chi connectivity index (χ1v) is 6.00. The van der Waals surface area contributed by atoms with E-state index in [0.717, 1.165) is 11.1 Å². The van der Waals surface area contributed by atoms with Gasteiger partial charge in [0, 0.05) is 5.54 Å². The molecular formula is C14H19N3O2. The maximum absolute atomic E-state index is 11.4. The molecule has 0 aliphatic rings. The van der Waals surface area contributed by atoms with Crippen molar-refractivity contribution in [3.63, 3.8) is 0 Å². The van der Waals surface area contributed by atoms with E-state index in [4.69, 9.17) is 0 Å². The molecule has 2 N–H and O–H groups in total. The Morgan fingerprint density at radius 1 is 1.11 bits per heavy atom. The van der Waals surface area contributed by atoms with Crippen molar-refractivity contribution in [3.8, 4) is 0 Å². The van der Waals surface area contributed by atoms with Crippen LogP contribution in [0, 0.1) is 6.92 Å². The minimum absolute atomic E-state index is 0.449. The second-order valence-corrected chi connectivity index (χ2v) is 5.31. The fourth-order valence-electron chi connectivity index (χ4n) is 1.27. The molecule has 0 saturated heterocycles. The third kappa shape index (κ3) is 5.81. The van der Waals surface area contributed by atoms with Crippen LogP contribution < -0.4 is 10.7 Å². The number of amides is 2. The predicted octanol–water partition coefficient (Wildman–Crippen LogP) is 1.36. The van der Waals surface area contributed by atoms with Crippen LogP contribution in [0.1, 0.15) is 31.9 Å². The minimum atomic E-state index is -0.779. The number of carbonyl (C=O) groups excluding carboxylic acids is 2. The lowest BCUT2D eigenvalue weighted by atomic mass is 10.1. The molecule has 0 aromatic heterocycles. The molecule has 0 radical (unpaired) electrons. The SMILES string of the molecule is Cc1ccc(/C=N\NC(=O)C(=O)NC(C)(C)C)cc1. The maximum Gasteiger partial charge on any atom is 0.329 e. The van der Waals surface area contributed by atoms with Gasteiger partial charge < -0.3 is 5.32 Å². The number of carbonyl (C=O) groups is 2. The van der Waals surface area contributed by atoms with Crippen molar-refractivity contribution in [2.45, 2.75) is 33.2 Å². The van der Waals surface area contributed by atoms with Gasteiger partial charge in [0.1, 0.15) is 0 Å². The number of nitrogens with zero attached hydrogens (tertiary/aromatic N) is 1. The van der Waals surface area contributed by atoms with Crippen molar-refractivity contribution in [2.24, 2.45) is 5.10 Å². The number of aryl methyl sites for hydroxylation is 1. The fraction of sp³-hybridized carbons (Fsp3) is 0.357. The van der Waals surface area contributed by atoms with E-state index in [1.807, 2.05) is 31.2 Å². The van der Waals surface area contributed by atoms with Gasteiger partial charge in [0.25, 0.3) is 0 Å². The summed E-state index contributed by atoms with van der Waals surface area (Å²) in [5.74, 6) is -1.48. The van der Waals surface area contributed by atoms with E-state index in [1.54, 1.807) is 20.8 Å². The molecule has 5 nitrogen and oxygen atoms in total. The van der Waals surface area contributed by atoms with Crippen molar-refractivity contribution in [1.29, 1.82) is 0 Å². The van der Waals surface area contributed by atoms with Crippen LogP contribution in [0.4, 0.5) is 0 Å². The van der Waals surface area contributed by atoms with E-state index in [1.165, 1.54) is 6.21 Å². The topological polar surface area (TPSA) is 70.6 Å². The van der Waals surface area contributed by atoms with Gasteiger partial charge in [-0.15, -0.1) is 0 Å². The normalized spacial score (nSPS) is 11.4. The smallest absolute Gasteiger partial charge is 0.329 e. The van der Waals surface area contributed by atoms with Crippen LogP contribution in [0.5, 0.6) is 0 Å². The van der Waals surface area contributed by atoms with Crippen LogP contribution in [0.3, 0.4) is 0 Å². The second kappa shape index (κ2) is 6.13. The van der Waals surface area contributed by atoms with Gasteiger partial charge >= 0.3 is 11.8 Å². The number of hydrogen-bond donors (Lipinski definition) is 2. The molecule has 1 aromatic carbocycles. The van der Waals surface area contributed by atoms with E-state index in [0.29, 0.717) is 0 Å². The van der Waals surface area contributed by atoms with Gasteiger partial charge in [-0.1, -0.05) is 29.8 Å². The van der Waals surface area contributed by atoms with Crippen LogP contribution >= 0.6 is 0 Å². The van der Waals surface area contributed by atoms with Gasteiger partial charge in [-0.05, 0) is 33.3 Å². The van der Waals surface area contributed by atoms with Gasteiger partial charge in [-0.3, -0.25) is 9.59 Å². The van der Waals surface area contributed by atoms with Gasteiger partial charge in [0.2, 0.25) is 0 Å². The summed E-state index contributed by atoms with van der Waals surface area (Å²) in [5, 5.41) is 6.29. The summed E-state index contributed by atoms with van der Waals surface area (Å²) in [4.78, 5) is 22.9. The average molecular weight is 261 g/mol. The van der Waals surface area contributed by atoms with Crippen LogP contribution in [0.25, 0.3) is 0 Å². The van der Waals surface area contributed by atoms with E-state index in [2.05, 4.69) is 15.8 Å². The summed E-state index contributed by atoms with van der Waals surface area (Å²) >= 11 is 0. The molecule has 0 spiro atoms. The lowest BCUT2D eigenvalue weighted by Crippen LogP contribution is -2.47. The van der Waals surface area contributed by atoms with E-state index in [-0.39, 0.29) is 0 Å². The minimum Gasteiger partial charge on any atom is -0.343 e. The highest BCUT2D eigenvalue weighted by Gasteiger charge is 2.19. The van der Waals surface area contributed by atoms with E-state index < -0.39 is 17.4 Å². The van der Waals surface area contributed by atoms with Crippen molar-refractivity contribution in [3.05, 3.63) is 35.4 Å². The summed E-state index contributed by atoms with van der Waals surface area (Å²) in [6.45, 7) is 7.38. The van der Waals surface area contributed by atoms with Crippen molar-refractivity contribution in [1.82, 2.24) is 10.7 Å². The zero-order valence-electron chi connectivity index (χ0n) is 11.7. The van der Waals surface area contributed by atoms with Crippen molar-refractivity contribution >= 4 is 18.0 Å². The van der Waals surface area contributed by atoms with Crippen LogP contribution in [0.15, 0.2) is 29.4 Å². The largest absolute Gasteiger partial charge is 0.343 e. The molecule has 1 aromatic rings. The highest BCUT2D eigenvalue weighted by molar-refractivity contribution is 6.35. The Kier molecular flexibility index (Phi) is 4.80. The zero-order chi connectivity index (χ0) is 14.5. The molecule has 0 bridgehead atoms. The third-order valence-corrected chi connectivity index (χ3v) is 2.15. The van der Waals surface area contributed by atoms with Gasteiger partial charge in [0.05, 0.1) is 6.21 Å². The van der Waals surface area contributed by atoms with Crippen LogP contribution in [0.2, 0.25) is 0 Å². The van der Waals surface area contributed by atoms with Crippen molar-refractivity contribution < 1.29 is 9.59 Å². The summed E-state index contributed by atoms with van der Waals surface area (Å²) in [5.41, 5.74) is 3.73. The fourth-order valence-corrected chi connectivity index (χ4v) is 1.27. The Balaban J connectivity index is 2.50. The van der Waals surface area contributed by atoms with Gasteiger partial charge in [0.15, 0.2) is 0 Å². The van der Waals surface area contributed by atoms with Crippen molar-refractivity contribution in [2.75, 3.05) is 0 Å². The van der Waals surface area contributed by atoms with Crippen LogP contribution in [-0.2, 0) is 9.59 Å². The molecule has 5 heteroatoms. The molecular weight excluding hydrogens is 242 g/mol. The quantitative estimate of drug-likeness (QED) is 0.479. The first-order chi connectivity index (χ1) is 8.78. The zero-order valence-corrected chi connectivity index (χ0v) is 11.7. The Morgan fingerprint density at radius 2 is 1.68 bits per heavy atom. The summed E-state index contributed by atoms with van der Waals surface area (Å²) in [6.07, 6.45) is 1.49. The molecule has 1 rings (SSSR count). The molecule has 2 amide bonds. The number of benzene rings is 1. The number of hydrogen-bond acceptors (Lipinski definition) is 3. The number of rotatable bonds is 2. The number of nitrogens with one attached hydrogen (secondary N) is 2. The molecule has 0 heterocycles.